The number of carbonyl (C=O) groups is 1. The second kappa shape index (κ2) is 6.30. The molecule has 1 saturated carbocycles. The molecule has 1 aliphatic heterocycles. The highest BCUT2D eigenvalue weighted by Crippen LogP contribution is 2.44. The summed E-state index contributed by atoms with van der Waals surface area (Å²) in [6, 6.07) is 3.42. The van der Waals surface area contributed by atoms with Crippen molar-refractivity contribution in [3.05, 3.63) is 34.0 Å². The number of methoxy groups -OCH3 is 2. The molecule has 3 rings (SSSR count). The van der Waals surface area contributed by atoms with Crippen LogP contribution in [0.15, 0.2) is 17.9 Å². The van der Waals surface area contributed by atoms with Crippen LogP contribution in [0.2, 0.25) is 5.02 Å². The Morgan fingerprint density at radius 1 is 1.29 bits per heavy atom. The van der Waals surface area contributed by atoms with E-state index in [4.69, 9.17) is 21.1 Å². The maximum Gasteiger partial charge on any atom is 0.256 e. The van der Waals surface area contributed by atoms with E-state index in [9.17, 15) is 9.90 Å². The molecule has 0 radical (unpaired) electrons. The molecule has 24 heavy (non-hydrogen) atoms. The van der Waals surface area contributed by atoms with Crippen LogP contribution in [0.25, 0.3) is 5.57 Å². The largest absolute Gasteiger partial charge is 0.509 e. The number of nitrogens with one attached hydrogen (secondary N) is 1. The monoisotopic (exact) mass is 351 g/mol. The lowest BCUT2D eigenvalue weighted by molar-refractivity contribution is -0.116. The highest BCUT2D eigenvalue weighted by Gasteiger charge is 2.48. The van der Waals surface area contributed by atoms with Crippen molar-refractivity contribution in [3.8, 4) is 5.75 Å². The van der Waals surface area contributed by atoms with Gasteiger partial charge in [-0.1, -0.05) is 11.6 Å². The zero-order valence-electron chi connectivity index (χ0n) is 14.1. The predicted molar refractivity (Wildman–Crippen MR) is 92.4 cm³/mol. The summed E-state index contributed by atoms with van der Waals surface area (Å²) < 4.78 is 10.8. The third-order valence-electron chi connectivity index (χ3n) is 5.12. The van der Waals surface area contributed by atoms with Crippen molar-refractivity contribution in [1.82, 2.24) is 5.32 Å². The Bertz CT molecular complexity index is 705. The van der Waals surface area contributed by atoms with E-state index in [1.54, 1.807) is 19.2 Å². The molecule has 6 heteroatoms. The quantitative estimate of drug-likeness (QED) is 0.876. The first-order chi connectivity index (χ1) is 11.4. The number of hydrogen-bond acceptors (Lipinski definition) is 4. The van der Waals surface area contributed by atoms with Crippen molar-refractivity contribution in [2.75, 3.05) is 14.2 Å². The summed E-state index contributed by atoms with van der Waals surface area (Å²) in [6.45, 7) is 1.85. The van der Waals surface area contributed by atoms with Gasteiger partial charge in [0.25, 0.3) is 5.91 Å². The number of halogens is 1. The van der Waals surface area contributed by atoms with Crippen LogP contribution in [0, 0.1) is 6.92 Å². The van der Waals surface area contributed by atoms with Gasteiger partial charge in [-0.25, -0.2) is 0 Å². The molecule has 1 aliphatic carbocycles. The summed E-state index contributed by atoms with van der Waals surface area (Å²) >= 11 is 6.08. The van der Waals surface area contributed by atoms with Crippen molar-refractivity contribution in [3.63, 3.8) is 0 Å². The smallest absolute Gasteiger partial charge is 0.256 e. The molecule has 130 valence electrons. The Morgan fingerprint density at radius 3 is 2.54 bits per heavy atom. The molecule has 1 fully saturated rings. The van der Waals surface area contributed by atoms with Crippen molar-refractivity contribution in [1.29, 1.82) is 0 Å². The Hall–Kier alpha value is -1.72. The van der Waals surface area contributed by atoms with Gasteiger partial charge in [0.2, 0.25) is 0 Å². The van der Waals surface area contributed by atoms with Gasteiger partial charge in [-0.05, 0) is 50.3 Å². The Labute approximate surface area is 146 Å². The number of amides is 1. The van der Waals surface area contributed by atoms with Crippen LogP contribution < -0.4 is 10.1 Å². The van der Waals surface area contributed by atoms with E-state index in [1.165, 1.54) is 7.11 Å². The zero-order valence-corrected chi connectivity index (χ0v) is 14.9. The molecule has 0 unspecified atom stereocenters. The van der Waals surface area contributed by atoms with Crippen LogP contribution in [-0.2, 0) is 9.53 Å². The molecular weight excluding hydrogens is 330 g/mol. The predicted octanol–water partition coefficient (Wildman–Crippen LogP) is 3.38. The summed E-state index contributed by atoms with van der Waals surface area (Å²) in [4.78, 5) is 12.7. The molecule has 0 aromatic heterocycles. The molecule has 1 amide bonds. The van der Waals surface area contributed by atoms with Crippen molar-refractivity contribution in [2.24, 2.45) is 0 Å². The number of aliphatic hydroxyl groups is 1. The van der Waals surface area contributed by atoms with Gasteiger partial charge < -0.3 is 19.9 Å². The van der Waals surface area contributed by atoms with Crippen LogP contribution in [-0.4, -0.2) is 36.9 Å². The van der Waals surface area contributed by atoms with Gasteiger partial charge in [-0.3, -0.25) is 4.79 Å². The molecular formula is C18H22ClNO4. The third kappa shape index (κ3) is 2.66. The van der Waals surface area contributed by atoms with E-state index >= 15 is 0 Å². The van der Waals surface area contributed by atoms with E-state index in [1.807, 2.05) is 6.92 Å². The minimum absolute atomic E-state index is 0.103. The first kappa shape index (κ1) is 17.1. The van der Waals surface area contributed by atoms with Gasteiger partial charge in [0.05, 0.1) is 24.3 Å². The van der Waals surface area contributed by atoms with Crippen LogP contribution in [0.1, 0.15) is 36.8 Å². The molecule has 1 aromatic rings. The summed E-state index contributed by atoms with van der Waals surface area (Å²) in [5.74, 6) is 0.317. The highest BCUT2D eigenvalue weighted by molar-refractivity contribution is 6.31. The molecule has 0 bridgehead atoms. The molecule has 2 aliphatic rings. The number of ether oxygens (including phenoxy) is 2. The first-order valence-corrected chi connectivity index (χ1v) is 8.43. The zero-order chi connectivity index (χ0) is 17.5. The van der Waals surface area contributed by atoms with E-state index in [0.29, 0.717) is 29.2 Å². The number of benzene rings is 1. The van der Waals surface area contributed by atoms with Gasteiger partial charge in [0.15, 0.2) is 0 Å². The minimum atomic E-state index is -0.696. The minimum Gasteiger partial charge on any atom is -0.509 e. The number of hydrogen-bond donors (Lipinski definition) is 2. The number of carbonyl (C=O) groups excluding carboxylic acids is 1. The molecule has 5 nitrogen and oxygen atoms in total. The fourth-order valence-electron chi connectivity index (χ4n) is 3.79. The van der Waals surface area contributed by atoms with Crippen LogP contribution in [0.4, 0.5) is 0 Å². The summed E-state index contributed by atoms with van der Waals surface area (Å²) in [5.41, 5.74) is 0.983. The Kier molecular flexibility index (Phi) is 4.49. The number of aryl methyl sites for hydroxylation is 1. The fourth-order valence-corrected chi connectivity index (χ4v) is 4.06. The lowest BCUT2D eigenvalue weighted by Gasteiger charge is -2.36. The Morgan fingerprint density at radius 2 is 1.96 bits per heavy atom. The van der Waals surface area contributed by atoms with E-state index in [-0.39, 0.29) is 23.3 Å². The second-order valence-electron chi connectivity index (χ2n) is 6.49. The standard InChI is InChI=1S/C18H22ClNO4/c1-10-8-11(19)9-13(24-3)14(10)15-16(21)18(20-17(15)22)6-4-12(23-2)5-7-18/h8-9,12,21H,4-7H2,1-3H3,(H,20,22). The van der Waals surface area contributed by atoms with Crippen LogP contribution in [0.5, 0.6) is 5.75 Å². The average molecular weight is 352 g/mol. The van der Waals surface area contributed by atoms with Crippen molar-refractivity contribution >= 4 is 23.1 Å². The number of rotatable bonds is 3. The summed E-state index contributed by atoms with van der Waals surface area (Å²) in [5, 5.41) is 14.5. The van der Waals surface area contributed by atoms with Gasteiger partial charge in [-0.2, -0.15) is 0 Å². The summed E-state index contributed by atoms with van der Waals surface area (Å²) in [7, 11) is 3.22. The molecule has 1 heterocycles. The van der Waals surface area contributed by atoms with Gasteiger partial charge >= 0.3 is 0 Å². The Balaban J connectivity index is 2.07. The third-order valence-corrected chi connectivity index (χ3v) is 5.34. The topological polar surface area (TPSA) is 67.8 Å². The molecule has 0 saturated heterocycles. The number of aliphatic hydroxyl groups excluding tert-OH is 1. The first-order valence-electron chi connectivity index (χ1n) is 8.05. The highest BCUT2D eigenvalue weighted by atomic mass is 35.5. The molecule has 0 atom stereocenters. The van der Waals surface area contributed by atoms with Crippen molar-refractivity contribution in [2.45, 2.75) is 44.2 Å². The maximum absolute atomic E-state index is 12.7. The molecule has 2 N–H and O–H groups in total. The van der Waals surface area contributed by atoms with Crippen LogP contribution in [0.3, 0.4) is 0 Å². The van der Waals surface area contributed by atoms with E-state index in [2.05, 4.69) is 5.32 Å². The van der Waals surface area contributed by atoms with E-state index in [0.717, 1.165) is 18.4 Å². The SMILES string of the molecule is COc1cc(Cl)cc(C)c1C1=C(O)C2(CCC(OC)CC2)NC1=O. The second-order valence-corrected chi connectivity index (χ2v) is 6.93. The van der Waals surface area contributed by atoms with Gasteiger partial charge in [0, 0.05) is 17.7 Å². The average Bonchev–Trinajstić information content (AvgIpc) is 2.79. The van der Waals surface area contributed by atoms with E-state index < -0.39 is 5.54 Å². The lowest BCUT2D eigenvalue weighted by atomic mass is 9.79. The molecule has 1 spiro atoms. The normalized spacial score (nSPS) is 26.8. The van der Waals surface area contributed by atoms with Gasteiger partial charge in [-0.15, -0.1) is 0 Å². The molecule has 1 aromatic carbocycles. The summed E-state index contributed by atoms with van der Waals surface area (Å²) in [6.07, 6.45) is 3.08. The van der Waals surface area contributed by atoms with Crippen LogP contribution >= 0.6 is 11.6 Å². The van der Waals surface area contributed by atoms with Crippen molar-refractivity contribution < 1.29 is 19.4 Å². The maximum atomic E-state index is 12.7. The lowest BCUT2D eigenvalue weighted by Crippen LogP contribution is -2.48. The van der Waals surface area contributed by atoms with Gasteiger partial charge in [0.1, 0.15) is 11.5 Å². The fraction of sp³-hybridized carbons (Fsp3) is 0.500.